The molecular formula is C30H46N2O2. The van der Waals surface area contributed by atoms with Gasteiger partial charge in [0.2, 0.25) is 0 Å². The molecule has 0 N–H and O–H groups in total. The van der Waals surface area contributed by atoms with Gasteiger partial charge in [0.25, 0.3) is 0 Å². The minimum Gasteiger partial charge on any atom is -0.490 e. The predicted octanol–water partition coefficient (Wildman–Crippen LogP) is 8.36. The lowest BCUT2D eigenvalue weighted by atomic mass is 10.0. The fraction of sp³-hybridized carbons (Fsp3) is 0.600. The van der Waals surface area contributed by atoms with E-state index in [-0.39, 0.29) is 0 Å². The molecule has 0 aliphatic carbocycles. The Morgan fingerprint density at radius 2 is 1.38 bits per heavy atom. The number of hydrogen-bond donors (Lipinski definition) is 0. The number of nitrogens with zero attached hydrogens (tertiary/aromatic N) is 2. The van der Waals surface area contributed by atoms with E-state index in [1.165, 1.54) is 69.8 Å². The van der Waals surface area contributed by atoms with Crippen molar-refractivity contribution in [2.45, 2.75) is 97.3 Å². The summed E-state index contributed by atoms with van der Waals surface area (Å²) >= 11 is 0. The molecule has 0 spiro atoms. The Bertz CT molecular complexity index is 756. The van der Waals surface area contributed by atoms with Gasteiger partial charge in [0.05, 0.1) is 19.0 Å². The summed E-state index contributed by atoms with van der Waals surface area (Å²) in [7, 11) is 0. The molecule has 1 heterocycles. The molecule has 2 aromatic rings. The van der Waals surface area contributed by atoms with E-state index in [2.05, 4.69) is 60.2 Å². The van der Waals surface area contributed by atoms with Crippen molar-refractivity contribution < 1.29 is 9.47 Å². The van der Waals surface area contributed by atoms with E-state index in [1.807, 2.05) is 0 Å². The maximum absolute atomic E-state index is 5.78. The molecule has 0 bridgehead atoms. The summed E-state index contributed by atoms with van der Waals surface area (Å²) in [5.41, 5.74) is 2.42. The Balaban J connectivity index is 1.60. The second kappa shape index (κ2) is 19.1. The van der Waals surface area contributed by atoms with Gasteiger partial charge in [-0.3, -0.25) is 0 Å². The van der Waals surface area contributed by atoms with Crippen LogP contribution in [-0.2, 0) is 11.2 Å². The van der Waals surface area contributed by atoms with Crippen molar-refractivity contribution in [1.82, 2.24) is 9.97 Å². The maximum atomic E-state index is 5.78. The number of hydrogen-bond acceptors (Lipinski definition) is 4. The average molecular weight is 467 g/mol. The zero-order chi connectivity index (χ0) is 24.1. The minimum atomic E-state index is 0.662. The van der Waals surface area contributed by atoms with Gasteiger partial charge in [0.15, 0.2) is 11.6 Å². The molecule has 4 heteroatoms. The van der Waals surface area contributed by atoms with Gasteiger partial charge in [-0.2, -0.15) is 0 Å². The number of ether oxygens (including phenoxy) is 2. The molecule has 2 rings (SSSR count). The van der Waals surface area contributed by atoms with Gasteiger partial charge in [-0.15, -0.1) is 0 Å². The lowest BCUT2D eigenvalue weighted by Gasteiger charge is -2.06. The van der Waals surface area contributed by atoms with Crippen molar-refractivity contribution >= 4 is 0 Å². The third-order valence-electron chi connectivity index (χ3n) is 5.89. The summed E-state index contributed by atoms with van der Waals surface area (Å²) in [6.07, 6.45) is 24.0. The van der Waals surface area contributed by atoms with Crippen molar-refractivity contribution in [2.75, 3.05) is 19.8 Å². The van der Waals surface area contributed by atoms with Crippen LogP contribution in [0.25, 0.3) is 11.4 Å². The summed E-state index contributed by atoms with van der Waals surface area (Å²) in [5, 5.41) is 0. The van der Waals surface area contributed by atoms with Crippen molar-refractivity contribution in [1.29, 1.82) is 0 Å². The van der Waals surface area contributed by atoms with E-state index in [4.69, 9.17) is 9.47 Å². The Labute approximate surface area is 208 Å². The van der Waals surface area contributed by atoms with Crippen LogP contribution >= 0.6 is 0 Å². The third-order valence-corrected chi connectivity index (χ3v) is 5.89. The molecular weight excluding hydrogens is 420 g/mol. The molecule has 0 fully saturated rings. The first kappa shape index (κ1) is 28.0. The number of rotatable bonds is 20. The number of aryl methyl sites for hydroxylation is 1. The highest BCUT2D eigenvalue weighted by Gasteiger charge is 2.03. The predicted molar refractivity (Wildman–Crippen MR) is 143 cm³/mol. The first-order valence-electron chi connectivity index (χ1n) is 13.6. The highest BCUT2D eigenvalue weighted by molar-refractivity contribution is 5.55. The fourth-order valence-electron chi connectivity index (χ4n) is 3.84. The molecule has 188 valence electrons. The lowest BCUT2D eigenvalue weighted by Crippen LogP contribution is -1.98. The van der Waals surface area contributed by atoms with Gasteiger partial charge in [-0.05, 0) is 50.5 Å². The van der Waals surface area contributed by atoms with Crippen LogP contribution in [0.1, 0.15) is 96.5 Å². The molecule has 0 aliphatic rings. The molecule has 0 radical (unpaired) electrons. The molecule has 0 saturated heterocycles. The fourth-order valence-corrected chi connectivity index (χ4v) is 3.84. The summed E-state index contributed by atoms with van der Waals surface area (Å²) in [6, 6.07) is 8.64. The van der Waals surface area contributed by atoms with E-state index in [0.717, 1.165) is 49.6 Å². The first-order chi connectivity index (χ1) is 16.8. The van der Waals surface area contributed by atoms with E-state index in [1.54, 1.807) is 12.4 Å². The molecule has 4 nitrogen and oxygen atoms in total. The lowest BCUT2D eigenvalue weighted by molar-refractivity contribution is 0.130. The number of aromatic nitrogens is 2. The highest BCUT2D eigenvalue weighted by Crippen LogP contribution is 2.18. The summed E-state index contributed by atoms with van der Waals surface area (Å²) in [4.78, 5) is 8.99. The van der Waals surface area contributed by atoms with Crippen LogP contribution in [0.2, 0.25) is 0 Å². The Hall–Kier alpha value is -2.20. The third kappa shape index (κ3) is 12.9. The molecule has 0 amide bonds. The Morgan fingerprint density at radius 1 is 0.676 bits per heavy atom. The van der Waals surface area contributed by atoms with Gasteiger partial charge in [-0.25, -0.2) is 9.97 Å². The van der Waals surface area contributed by atoms with E-state index in [0.29, 0.717) is 6.61 Å². The van der Waals surface area contributed by atoms with Crippen molar-refractivity contribution in [3.8, 4) is 17.1 Å². The molecule has 0 aliphatic heterocycles. The van der Waals surface area contributed by atoms with Gasteiger partial charge in [0.1, 0.15) is 0 Å². The average Bonchev–Trinajstić information content (AvgIpc) is 2.87. The van der Waals surface area contributed by atoms with Crippen LogP contribution < -0.4 is 4.74 Å². The topological polar surface area (TPSA) is 44.2 Å². The molecule has 0 unspecified atom stereocenters. The van der Waals surface area contributed by atoms with Gasteiger partial charge in [0, 0.05) is 18.8 Å². The highest BCUT2D eigenvalue weighted by atomic mass is 16.5. The Kier molecular flexibility index (Phi) is 15.8. The van der Waals surface area contributed by atoms with Gasteiger partial charge >= 0.3 is 0 Å². The van der Waals surface area contributed by atoms with Crippen molar-refractivity contribution in [3.05, 3.63) is 54.4 Å². The maximum Gasteiger partial charge on any atom is 0.159 e. The molecule has 0 atom stereocenters. The molecule has 1 aromatic heterocycles. The van der Waals surface area contributed by atoms with Crippen molar-refractivity contribution in [3.63, 3.8) is 0 Å². The number of benzene rings is 1. The zero-order valence-corrected chi connectivity index (χ0v) is 21.6. The van der Waals surface area contributed by atoms with Crippen LogP contribution in [-0.4, -0.2) is 29.8 Å². The quantitative estimate of drug-likeness (QED) is 0.145. The second-order valence-corrected chi connectivity index (χ2v) is 9.03. The molecule has 34 heavy (non-hydrogen) atoms. The second-order valence-electron chi connectivity index (χ2n) is 9.03. The summed E-state index contributed by atoms with van der Waals surface area (Å²) < 4.78 is 11.3. The van der Waals surface area contributed by atoms with Crippen LogP contribution in [0.5, 0.6) is 5.75 Å². The van der Waals surface area contributed by atoms with Crippen LogP contribution in [0.4, 0.5) is 0 Å². The standard InChI is InChI=1S/C30H46N2O2/c1-3-5-6-7-8-9-10-12-16-24-34-29-25-31-30(32-26-29)28-20-18-27(19-21-28)17-14-11-13-15-23-33-22-4-2/h10,12,18-21,25-26H,3-9,11,13-17,22-24H2,1-2H3. The smallest absolute Gasteiger partial charge is 0.159 e. The summed E-state index contributed by atoms with van der Waals surface area (Å²) in [6.45, 7) is 6.87. The zero-order valence-electron chi connectivity index (χ0n) is 21.6. The van der Waals surface area contributed by atoms with E-state index in [9.17, 15) is 0 Å². The minimum absolute atomic E-state index is 0.662. The number of allylic oxidation sites excluding steroid dienone is 1. The number of unbranched alkanes of at least 4 members (excludes halogenated alkanes) is 8. The first-order valence-corrected chi connectivity index (χ1v) is 13.6. The van der Waals surface area contributed by atoms with Crippen molar-refractivity contribution in [2.24, 2.45) is 0 Å². The van der Waals surface area contributed by atoms with Crippen LogP contribution in [0, 0.1) is 0 Å². The van der Waals surface area contributed by atoms with Gasteiger partial charge < -0.3 is 9.47 Å². The monoisotopic (exact) mass is 466 g/mol. The van der Waals surface area contributed by atoms with Crippen LogP contribution in [0.3, 0.4) is 0 Å². The van der Waals surface area contributed by atoms with E-state index < -0.39 is 0 Å². The molecule has 1 aromatic carbocycles. The Morgan fingerprint density at radius 3 is 2.15 bits per heavy atom. The largest absolute Gasteiger partial charge is 0.490 e. The van der Waals surface area contributed by atoms with E-state index >= 15 is 0 Å². The van der Waals surface area contributed by atoms with Gasteiger partial charge in [-0.1, -0.05) is 88.8 Å². The SMILES string of the molecule is CCCCCCCC=CCCOc1cnc(-c2ccc(CCCCCCOCCC)cc2)nc1. The summed E-state index contributed by atoms with van der Waals surface area (Å²) in [5.74, 6) is 1.47. The normalized spacial score (nSPS) is 11.4. The molecule has 0 saturated carbocycles. The van der Waals surface area contributed by atoms with Crippen LogP contribution in [0.15, 0.2) is 48.8 Å².